The van der Waals surface area contributed by atoms with Gasteiger partial charge in [0, 0.05) is 31.9 Å². The van der Waals surface area contributed by atoms with E-state index >= 15 is 0 Å². The van der Waals surface area contributed by atoms with Crippen LogP contribution in [0.15, 0.2) is 18.2 Å². The normalized spacial score (nSPS) is 11.4. The third kappa shape index (κ3) is 7.90. The first-order chi connectivity index (χ1) is 12.9. The minimum absolute atomic E-state index is 0.00525. The van der Waals surface area contributed by atoms with Crippen molar-refractivity contribution in [2.75, 3.05) is 33.5 Å². The Kier molecular flexibility index (Phi) is 9.59. The molecule has 0 fully saturated rings. The van der Waals surface area contributed by atoms with Crippen molar-refractivity contribution in [2.45, 2.75) is 26.4 Å². The number of nitro benzene ring substituents is 1. The van der Waals surface area contributed by atoms with Crippen molar-refractivity contribution in [3.05, 3.63) is 28.3 Å². The van der Waals surface area contributed by atoms with Gasteiger partial charge in [0.05, 0.1) is 12.0 Å². The van der Waals surface area contributed by atoms with E-state index in [-0.39, 0.29) is 17.2 Å². The predicted molar refractivity (Wildman–Crippen MR) is 94.8 cm³/mol. The van der Waals surface area contributed by atoms with E-state index in [1.807, 2.05) is 6.92 Å². The zero-order chi connectivity index (χ0) is 20.2. The lowest BCUT2D eigenvalue weighted by atomic mass is 10.3. The summed E-state index contributed by atoms with van der Waals surface area (Å²) in [7, 11) is 1.29. The van der Waals surface area contributed by atoms with Crippen LogP contribution in [0.4, 0.5) is 5.69 Å². The third-order valence-electron chi connectivity index (χ3n) is 3.35. The van der Waals surface area contributed by atoms with Crippen molar-refractivity contribution < 1.29 is 33.5 Å². The maximum absolute atomic E-state index is 11.8. The van der Waals surface area contributed by atoms with Crippen LogP contribution in [-0.2, 0) is 19.1 Å². The first kappa shape index (κ1) is 22.2. The number of nitrogens with zero attached hydrogens (tertiary/aromatic N) is 1. The van der Waals surface area contributed by atoms with Crippen LogP contribution in [0.2, 0.25) is 0 Å². The van der Waals surface area contributed by atoms with Crippen LogP contribution in [-0.4, -0.2) is 56.4 Å². The molecule has 0 saturated carbocycles. The predicted octanol–water partition coefficient (Wildman–Crippen LogP) is 1.46. The highest BCUT2D eigenvalue weighted by atomic mass is 16.6. The Labute approximate surface area is 156 Å². The third-order valence-corrected chi connectivity index (χ3v) is 3.35. The maximum Gasteiger partial charge on any atom is 0.344 e. The Hall–Kier alpha value is -2.88. The Balaban J connectivity index is 2.41. The maximum atomic E-state index is 11.8. The van der Waals surface area contributed by atoms with Crippen LogP contribution in [0, 0.1) is 10.1 Å². The van der Waals surface area contributed by atoms with E-state index in [1.54, 1.807) is 0 Å². The van der Waals surface area contributed by atoms with Crippen molar-refractivity contribution in [3.8, 4) is 11.5 Å². The van der Waals surface area contributed by atoms with Crippen molar-refractivity contribution in [1.82, 2.24) is 5.32 Å². The standard InChI is InChI=1S/C17H24N2O8/c1-4-25-9-5-8-18-17(21)12(2)27-16(20)11-26-13-6-7-14(19(22)23)15(10-13)24-3/h6-7,10,12H,4-5,8-9,11H2,1-3H3,(H,18,21). The molecule has 1 aromatic rings. The minimum atomic E-state index is -0.973. The molecule has 0 aromatic heterocycles. The van der Waals surface area contributed by atoms with Gasteiger partial charge in [-0.15, -0.1) is 0 Å². The topological polar surface area (TPSA) is 126 Å². The van der Waals surface area contributed by atoms with Gasteiger partial charge in [-0.2, -0.15) is 0 Å². The van der Waals surface area contributed by atoms with Gasteiger partial charge in [-0.25, -0.2) is 4.79 Å². The number of nitro groups is 1. The molecule has 0 aliphatic rings. The second-order valence-electron chi connectivity index (χ2n) is 5.35. The minimum Gasteiger partial charge on any atom is -0.490 e. The van der Waals surface area contributed by atoms with Gasteiger partial charge in [0.1, 0.15) is 5.75 Å². The van der Waals surface area contributed by atoms with Crippen molar-refractivity contribution >= 4 is 17.6 Å². The number of carbonyl (C=O) groups excluding carboxylic acids is 2. The molecule has 10 heteroatoms. The van der Waals surface area contributed by atoms with Crippen LogP contribution < -0.4 is 14.8 Å². The van der Waals surface area contributed by atoms with E-state index in [1.165, 1.54) is 32.2 Å². The average Bonchev–Trinajstić information content (AvgIpc) is 2.65. The van der Waals surface area contributed by atoms with E-state index in [0.29, 0.717) is 26.2 Å². The van der Waals surface area contributed by atoms with Crippen molar-refractivity contribution in [2.24, 2.45) is 0 Å². The zero-order valence-electron chi connectivity index (χ0n) is 15.6. The molecular formula is C17H24N2O8. The van der Waals surface area contributed by atoms with Crippen molar-refractivity contribution in [3.63, 3.8) is 0 Å². The second-order valence-corrected chi connectivity index (χ2v) is 5.35. The SMILES string of the molecule is CCOCCCNC(=O)C(C)OC(=O)COc1ccc([N+](=O)[O-])c(OC)c1. The molecule has 1 atom stereocenters. The van der Waals surface area contributed by atoms with Gasteiger partial charge in [0.2, 0.25) is 5.75 Å². The molecule has 0 aliphatic heterocycles. The Morgan fingerprint density at radius 3 is 2.70 bits per heavy atom. The van der Waals surface area contributed by atoms with Gasteiger partial charge in [0.15, 0.2) is 12.7 Å². The molecule has 0 radical (unpaired) electrons. The fourth-order valence-corrected chi connectivity index (χ4v) is 2.00. The Bertz CT molecular complexity index is 650. The van der Waals surface area contributed by atoms with Gasteiger partial charge in [-0.1, -0.05) is 0 Å². The van der Waals surface area contributed by atoms with E-state index in [2.05, 4.69) is 5.32 Å². The highest BCUT2D eigenvalue weighted by Gasteiger charge is 2.19. The number of nitrogens with one attached hydrogen (secondary N) is 1. The molecule has 1 rings (SSSR count). The van der Waals surface area contributed by atoms with Gasteiger partial charge in [-0.3, -0.25) is 14.9 Å². The number of benzene rings is 1. The first-order valence-electron chi connectivity index (χ1n) is 8.39. The number of methoxy groups -OCH3 is 1. The number of amides is 1. The molecule has 0 bridgehead atoms. The number of hydrogen-bond acceptors (Lipinski definition) is 8. The molecule has 1 aromatic carbocycles. The van der Waals surface area contributed by atoms with Gasteiger partial charge >= 0.3 is 11.7 Å². The summed E-state index contributed by atoms with van der Waals surface area (Å²) in [5, 5.41) is 13.5. The molecule has 150 valence electrons. The molecule has 1 amide bonds. The number of ether oxygens (including phenoxy) is 4. The smallest absolute Gasteiger partial charge is 0.344 e. The van der Waals surface area contributed by atoms with Crippen LogP contribution in [0.3, 0.4) is 0 Å². The van der Waals surface area contributed by atoms with Crippen LogP contribution >= 0.6 is 0 Å². The number of esters is 1. The Morgan fingerprint density at radius 1 is 1.33 bits per heavy atom. The Morgan fingerprint density at radius 2 is 2.07 bits per heavy atom. The quantitative estimate of drug-likeness (QED) is 0.248. The van der Waals surface area contributed by atoms with E-state index in [9.17, 15) is 19.7 Å². The molecule has 0 saturated heterocycles. The fraction of sp³-hybridized carbons (Fsp3) is 0.529. The first-order valence-corrected chi connectivity index (χ1v) is 8.39. The summed E-state index contributed by atoms with van der Waals surface area (Å²) in [4.78, 5) is 33.9. The lowest BCUT2D eigenvalue weighted by Gasteiger charge is -2.14. The largest absolute Gasteiger partial charge is 0.490 e. The summed E-state index contributed by atoms with van der Waals surface area (Å²) >= 11 is 0. The molecule has 1 unspecified atom stereocenters. The highest BCUT2D eigenvalue weighted by molar-refractivity contribution is 5.83. The second kappa shape index (κ2) is 11.7. The summed E-state index contributed by atoms with van der Waals surface area (Å²) in [6.07, 6.45) is -0.315. The molecule has 27 heavy (non-hydrogen) atoms. The van der Waals surface area contributed by atoms with Crippen LogP contribution in [0.5, 0.6) is 11.5 Å². The number of hydrogen-bond donors (Lipinski definition) is 1. The van der Waals surface area contributed by atoms with Crippen LogP contribution in [0.25, 0.3) is 0 Å². The molecule has 0 spiro atoms. The average molecular weight is 384 g/mol. The number of rotatable bonds is 12. The van der Waals surface area contributed by atoms with Gasteiger partial charge in [0.25, 0.3) is 5.91 Å². The molecule has 0 aliphatic carbocycles. The number of carbonyl (C=O) groups is 2. The summed E-state index contributed by atoms with van der Waals surface area (Å²) in [5.74, 6) is -0.964. The van der Waals surface area contributed by atoms with Gasteiger partial charge < -0.3 is 24.3 Å². The lowest BCUT2D eigenvalue weighted by molar-refractivity contribution is -0.385. The lowest BCUT2D eigenvalue weighted by Crippen LogP contribution is -2.37. The monoisotopic (exact) mass is 384 g/mol. The molecule has 0 heterocycles. The summed E-state index contributed by atoms with van der Waals surface area (Å²) in [5.41, 5.74) is -0.220. The molecular weight excluding hydrogens is 360 g/mol. The zero-order valence-corrected chi connectivity index (χ0v) is 15.6. The van der Waals surface area contributed by atoms with E-state index in [0.717, 1.165) is 0 Å². The fourth-order valence-electron chi connectivity index (χ4n) is 2.00. The van der Waals surface area contributed by atoms with Crippen LogP contribution in [0.1, 0.15) is 20.3 Å². The van der Waals surface area contributed by atoms with Gasteiger partial charge in [-0.05, 0) is 26.3 Å². The summed E-state index contributed by atoms with van der Waals surface area (Å²) in [6.45, 7) is 4.45. The molecule has 10 nitrogen and oxygen atoms in total. The molecule has 1 N–H and O–H groups in total. The summed E-state index contributed by atoms with van der Waals surface area (Å²) in [6, 6.07) is 3.83. The summed E-state index contributed by atoms with van der Waals surface area (Å²) < 4.78 is 20.3. The van der Waals surface area contributed by atoms with E-state index in [4.69, 9.17) is 18.9 Å². The van der Waals surface area contributed by atoms with E-state index < -0.39 is 29.5 Å². The highest BCUT2D eigenvalue weighted by Crippen LogP contribution is 2.30. The van der Waals surface area contributed by atoms with Crippen molar-refractivity contribution in [1.29, 1.82) is 0 Å².